The van der Waals surface area contributed by atoms with E-state index in [4.69, 9.17) is 13.9 Å². The molecule has 0 unspecified atom stereocenters. The molecule has 0 aliphatic carbocycles. The summed E-state index contributed by atoms with van der Waals surface area (Å²) in [5.74, 6) is -3.32. The summed E-state index contributed by atoms with van der Waals surface area (Å²) in [7, 11) is -2.66. The molecule has 9 nitrogen and oxygen atoms in total. The molecule has 1 fully saturated rings. The van der Waals surface area contributed by atoms with E-state index in [-0.39, 0.29) is 40.8 Å². The lowest BCUT2D eigenvalue weighted by molar-refractivity contribution is 0.000335. The van der Waals surface area contributed by atoms with Gasteiger partial charge in [-0.1, -0.05) is 27.7 Å². The molecule has 0 aromatic heterocycles. The maximum absolute atomic E-state index is 14.5. The fraction of sp³-hybridized carbons (Fsp3) is 0.583. The quantitative estimate of drug-likeness (QED) is 0.222. The van der Waals surface area contributed by atoms with Gasteiger partial charge < -0.3 is 24.3 Å². The van der Waals surface area contributed by atoms with E-state index in [1.54, 1.807) is 38.7 Å². The summed E-state index contributed by atoms with van der Waals surface area (Å²) in [5, 5.41) is 12.4. The maximum atomic E-state index is 14.5. The number of carbonyl (C=O) groups excluding carboxylic acids is 2. The van der Waals surface area contributed by atoms with E-state index in [9.17, 15) is 28.3 Å². The largest absolute Gasteiger partial charge is 0.478 e. The highest BCUT2D eigenvalue weighted by molar-refractivity contribution is 6.74. The van der Waals surface area contributed by atoms with Gasteiger partial charge >= 0.3 is 12.1 Å². The highest BCUT2D eigenvalue weighted by atomic mass is 28.4. The number of hydrogen-bond acceptors (Lipinski definition) is 6. The molecule has 1 aliphatic heterocycles. The number of halogens is 2. The van der Waals surface area contributed by atoms with Crippen LogP contribution in [-0.2, 0) is 20.3 Å². The molecule has 2 aromatic rings. The molecule has 3 rings (SSSR count). The Labute approximate surface area is 284 Å². The predicted molar refractivity (Wildman–Crippen MR) is 183 cm³/mol. The molecular weight excluding hydrogens is 638 g/mol. The van der Waals surface area contributed by atoms with Gasteiger partial charge in [-0.3, -0.25) is 9.69 Å². The van der Waals surface area contributed by atoms with Crippen molar-refractivity contribution in [2.24, 2.45) is 0 Å². The number of rotatable bonds is 12. The van der Waals surface area contributed by atoms with Crippen LogP contribution in [0.25, 0.3) is 0 Å². The van der Waals surface area contributed by atoms with E-state index in [1.807, 2.05) is 6.92 Å². The Balaban J connectivity index is 2.21. The molecule has 2 aromatic carbocycles. The van der Waals surface area contributed by atoms with Crippen molar-refractivity contribution in [1.82, 2.24) is 10.2 Å². The number of aryl methyl sites for hydroxylation is 1. The van der Waals surface area contributed by atoms with Gasteiger partial charge in [-0.05, 0) is 107 Å². The van der Waals surface area contributed by atoms with Crippen molar-refractivity contribution in [2.75, 3.05) is 13.2 Å². The minimum absolute atomic E-state index is 0.0452. The molecule has 12 heteroatoms. The molecule has 2 amide bonds. The summed E-state index contributed by atoms with van der Waals surface area (Å²) in [6, 6.07) is 5.93. The van der Waals surface area contributed by atoms with Crippen LogP contribution in [0.2, 0.25) is 18.1 Å². The van der Waals surface area contributed by atoms with Crippen LogP contribution in [0.4, 0.5) is 13.6 Å². The van der Waals surface area contributed by atoms with Crippen LogP contribution < -0.4 is 5.32 Å². The molecule has 1 saturated heterocycles. The minimum Gasteiger partial charge on any atom is -0.478 e. The van der Waals surface area contributed by atoms with Crippen LogP contribution in [0.3, 0.4) is 0 Å². The Hall–Kier alpha value is -3.35. The summed E-state index contributed by atoms with van der Waals surface area (Å²) in [5.41, 5.74) is 0.104. The number of aromatic carboxylic acids is 1. The normalized spacial score (nSPS) is 18.4. The van der Waals surface area contributed by atoms with Crippen molar-refractivity contribution < 1.29 is 42.2 Å². The van der Waals surface area contributed by atoms with Crippen molar-refractivity contribution in [3.63, 3.8) is 0 Å². The lowest BCUT2D eigenvalue weighted by atomic mass is 9.94. The number of carbonyl (C=O) groups is 3. The number of likely N-dealkylation sites (tertiary alicyclic amines) is 1. The highest BCUT2D eigenvalue weighted by Crippen LogP contribution is 2.40. The lowest BCUT2D eigenvalue weighted by Gasteiger charge is -2.45. The summed E-state index contributed by atoms with van der Waals surface area (Å²) in [6.07, 6.45) is -0.674. The third kappa shape index (κ3) is 10.6. The van der Waals surface area contributed by atoms with Crippen molar-refractivity contribution in [3.05, 3.63) is 70.3 Å². The Kier molecular flexibility index (Phi) is 12.6. The Morgan fingerprint density at radius 1 is 1.00 bits per heavy atom. The summed E-state index contributed by atoms with van der Waals surface area (Å²) >= 11 is 0. The zero-order chi connectivity index (χ0) is 36.2. The van der Waals surface area contributed by atoms with E-state index in [2.05, 4.69) is 39.2 Å². The average Bonchev–Trinajstić information content (AvgIpc) is 3.36. The van der Waals surface area contributed by atoms with Crippen LogP contribution in [0.1, 0.15) is 93.2 Å². The maximum Gasteiger partial charge on any atom is 0.410 e. The number of benzene rings is 2. The van der Waals surface area contributed by atoms with Gasteiger partial charge in [0, 0.05) is 18.2 Å². The molecular formula is C36H52F2N2O7Si. The number of nitrogens with zero attached hydrogens (tertiary/aromatic N) is 1. The summed E-state index contributed by atoms with van der Waals surface area (Å²) in [6.45, 7) is 20.0. The van der Waals surface area contributed by atoms with Crippen LogP contribution >= 0.6 is 0 Å². The molecule has 0 radical (unpaired) electrons. The lowest BCUT2D eigenvalue weighted by Crippen LogP contribution is -2.60. The second kappa shape index (κ2) is 15.5. The number of carboxylic acids is 1. The molecule has 0 bridgehead atoms. The van der Waals surface area contributed by atoms with Gasteiger partial charge in [-0.25, -0.2) is 18.4 Å². The summed E-state index contributed by atoms with van der Waals surface area (Å²) < 4.78 is 48.1. The van der Waals surface area contributed by atoms with Crippen LogP contribution in [0, 0.1) is 18.6 Å². The van der Waals surface area contributed by atoms with E-state index >= 15 is 0 Å². The molecule has 1 aliphatic rings. The smallest absolute Gasteiger partial charge is 0.410 e. The van der Waals surface area contributed by atoms with Gasteiger partial charge in [0.2, 0.25) is 0 Å². The zero-order valence-electron chi connectivity index (χ0n) is 29.9. The first kappa shape index (κ1) is 39.1. The zero-order valence-corrected chi connectivity index (χ0v) is 30.9. The fourth-order valence-electron chi connectivity index (χ4n) is 5.54. The SMILES string of the molecule is CCCO[C@@H]1C[C@H]([C@@H](O[Si](C)(C)C(C)(C)C)[C@H](Cc2cc(F)cc(F)c2)NC(=O)c2cc(C)cc(C(=O)O)c2)N(C(=O)OC(C)(C)C)C1. The van der Waals surface area contributed by atoms with Gasteiger partial charge in [0.15, 0.2) is 8.32 Å². The van der Waals surface area contributed by atoms with Crippen molar-refractivity contribution in [3.8, 4) is 0 Å². The first-order valence-corrected chi connectivity index (χ1v) is 19.4. The fourth-order valence-corrected chi connectivity index (χ4v) is 6.90. The van der Waals surface area contributed by atoms with E-state index in [0.717, 1.165) is 12.5 Å². The van der Waals surface area contributed by atoms with E-state index in [0.29, 0.717) is 18.6 Å². The van der Waals surface area contributed by atoms with E-state index < -0.39 is 61.7 Å². The molecule has 0 saturated carbocycles. The third-order valence-electron chi connectivity index (χ3n) is 8.78. The van der Waals surface area contributed by atoms with Crippen LogP contribution in [-0.4, -0.2) is 79.3 Å². The molecule has 4 atom stereocenters. The third-order valence-corrected chi connectivity index (χ3v) is 13.3. The van der Waals surface area contributed by atoms with Crippen molar-refractivity contribution >= 4 is 26.3 Å². The number of carboxylic acid groups (broad SMARTS) is 1. The molecule has 48 heavy (non-hydrogen) atoms. The molecule has 0 spiro atoms. The number of hydrogen-bond donors (Lipinski definition) is 2. The monoisotopic (exact) mass is 690 g/mol. The first-order chi connectivity index (χ1) is 22.1. The van der Waals surface area contributed by atoms with Gasteiger partial charge in [0.05, 0.1) is 36.4 Å². The van der Waals surface area contributed by atoms with E-state index in [1.165, 1.54) is 24.3 Å². The van der Waals surface area contributed by atoms with Crippen LogP contribution in [0.15, 0.2) is 36.4 Å². The Bertz CT molecular complexity index is 1450. The van der Waals surface area contributed by atoms with Gasteiger partial charge in [-0.2, -0.15) is 0 Å². The molecule has 266 valence electrons. The van der Waals surface area contributed by atoms with Crippen molar-refractivity contribution in [1.29, 1.82) is 0 Å². The first-order valence-electron chi connectivity index (χ1n) is 16.5. The summed E-state index contributed by atoms with van der Waals surface area (Å²) in [4.78, 5) is 41.1. The minimum atomic E-state index is -2.66. The average molecular weight is 691 g/mol. The molecule has 1 heterocycles. The Morgan fingerprint density at radius 2 is 1.60 bits per heavy atom. The van der Waals surface area contributed by atoms with Gasteiger partial charge in [0.25, 0.3) is 5.91 Å². The standard InChI is InChI=1S/C36H52F2N2O7Si/c1-11-12-45-28-20-30(40(21-28)34(44)46-35(3,4)5)31(47-48(9,10)36(6,7)8)29(17-23-15-26(37)19-27(38)16-23)39-32(41)24-13-22(2)14-25(18-24)33(42)43/h13-16,18-19,28-31H,11-12,17,20-21H2,1-10H3,(H,39,41)(H,42,43)/t28-,29+,30-,31+/m1/s1. The van der Waals surface area contributed by atoms with Crippen LogP contribution in [0.5, 0.6) is 0 Å². The van der Waals surface area contributed by atoms with Crippen molar-refractivity contribution in [2.45, 2.75) is 123 Å². The number of nitrogens with one attached hydrogen (secondary N) is 1. The topological polar surface area (TPSA) is 114 Å². The van der Waals surface area contributed by atoms with Gasteiger partial charge in [0.1, 0.15) is 17.2 Å². The Morgan fingerprint density at radius 3 is 2.15 bits per heavy atom. The van der Waals surface area contributed by atoms with Gasteiger partial charge in [-0.15, -0.1) is 0 Å². The number of amides is 2. The number of ether oxygens (including phenoxy) is 2. The molecule has 2 N–H and O–H groups in total. The second-order valence-corrected chi connectivity index (χ2v) is 20.0. The second-order valence-electron chi connectivity index (χ2n) is 15.2. The highest BCUT2D eigenvalue weighted by Gasteiger charge is 2.49. The predicted octanol–water partition coefficient (Wildman–Crippen LogP) is 7.51.